The van der Waals surface area contributed by atoms with Crippen molar-refractivity contribution in [1.29, 1.82) is 0 Å². The van der Waals surface area contributed by atoms with Crippen molar-refractivity contribution in [2.24, 2.45) is 7.05 Å². The molecule has 23 heavy (non-hydrogen) atoms. The lowest BCUT2D eigenvalue weighted by atomic mass is 10.1. The summed E-state index contributed by atoms with van der Waals surface area (Å²) in [7, 11) is 1.59. The maximum atomic E-state index is 12.7. The molecule has 0 aliphatic carbocycles. The monoisotopic (exact) mass is 326 g/mol. The summed E-state index contributed by atoms with van der Waals surface area (Å²) in [6, 6.07) is 10.5. The number of hydrogen-bond donors (Lipinski definition) is 1. The summed E-state index contributed by atoms with van der Waals surface area (Å²) < 4.78 is 2.73. The third-order valence-electron chi connectivity index (χ3n) is 3.90. The van der Waals surface area contributed by atoms with Gasteiger partial charge < -0.3 is 4.57 Å². The zero-order valence-electron chi connectivity index (χ0n) is 12.1. The lowest BCUT2D eigenvalue weighted by Gasteiger charge is -2.02. The number of nitrogens with one attached hydrogen (secondary N) is 1. The fourth-order valence-corrected chi connectivity index (χ4v) is 2.89. The molecule has 1 N–H and O–H groups in total. The fourth-order valence-electron chi connectivity index (χ4n) is 2.78. The third kappa shape index (κ3) is 1.92. The van der Waals surface area contributed by atoms with Crippen LogP contribution in [0.15, 0.2) is 52.2 Å². The summed E-state index contributed by atoms with van der Waals surface area (Å²) in [5.74, 6) is 0. The molecule has 1 aromatic carbocycles. The Kier molecular flexibility index (Phi) is 2.89. The van der Waals surface area contributed by atoms with E-state index in [2.05, 4.69) is 10.1 Å². The zero-order valence-corrected chi connectivity index (χ0v) is 12.8. The molecule has 0 spiro atoms. The molecule has 3 aromatic heterocycles. The van der Waals surface area contributed by atoms with Gasteiger partial charge in [-0.1, -0.05) is 29.8 Å². The molecule has 0 amide bonds. The van der Waals surface area contributed by atoms with Crippen LogP contribution in [0.25, 0.3) is 27.5 Å². The highest BCUT2D eigenvalue weighted by molar-refractivity contribution is 6.29. The van der Waals surface area contributed by atoms with E-state index in [0.29, 0.717) is 32.6 Å². The minimum absolute atomic E-state index is 0.203. The number of fused-ring (bicyclic) bond motifs is 3. The quantitative estimate of drug-likeness (QED) is 0.545. The molecule has 0 aliphatic rings. The molecule has 0 aliphatic heterocycles. The molecule has 4 aromatic rings. The fraction of sp³-hybridized carbons (Fsp3) is 0.0625. The van der Waals surface area contributed by atoms with Crippen molar-refractivity contribution in [3.8, 4) is 5.69 Å². The van der Waals surface area contributed by atoms with Crippen LogP contribution in [0.5, 0.6) is 0 Å². The highest BCUT2D eigenvalue weighted by atomic mass is 35.5. The van der Waals surface area contributed by atoms with Crippen LogP contribution in [0.4, 0.5) is 0 Å². The maximum absolute atomic E-state index is 12.7. The first kappa shape index (κ1) is 13.8. The number of aryl methyl sites for hydroxylation is 1. The van der Waals surface area contributed by atoms with Gasteiger partial charge in [0.05, 0.1) is 17.4 Å². The van der Waals surface area contributed by atoms with Crippen LogP contribution < -0.4 is 11.1 Å². The molecule has 0 fully saturated rings. The summed E-state index contributed by atoms with van der Waals surface area (Å²) >= 11 is 5.79. The first-order valence-electron chi connectivity index (χ1n) is 6.92. The van der Waals surface area contributed by atoms with Crippen LogP contribution in [0.1, 0.15) is 0 Å². The van der Waals surface area contributed by atoms with Crippen molar-refractivity contribution in [2.75, 3.05) is 0 Å². The number of rotatable bonds is 1. The number of nitrogens with zero attached hydrogens (tertiary/aromatic N) is 3. The summed E-state index contributed by atoms with van der Waals surface area (Å²) in [5.41, 5.74) is 0.971. The number of H-pyrrole nitrogens is 1. The Morgan fingerprint density at radius 1 is 1.04 bits per heavy atom. The van der Waals surface area contributed by atoms with Gasteiger partial charge in [0.1, 0.15) is 10.7 Å². The Balaban J connectivity index is 2.18. The Labute approximate surface area is 134 Å². The van der Waals surface area contributed by atoms with Crippen LogP contribution in [0.3, 0.4) is 0 Å². The van der Waals surface area contributed by atoms with Crippen molar-refractivity contribution < 1.29 is 0 Å². The van der Waals surface area contributed by atoms with Gasteiger partial charge in [0.15, 0.2) is 0 Å². The number of halogens is 1. The Bertz CT molecular complexity index is 1170. The standard InChI is InChI=1S/C16H11ClN4O2/c1-20-14-13(10-4-2-3-5-11(10)15(20)22)19-21(16(14)23)9-6-7-12(17)18-8-9/h2-8,19H,1H3. The third-order valence-corrected chi connectivity index (χ3v) is 4.13. The lowest BCUT2D eigenvalue weighted by molar-refractivity contribution is 0.850. The van der Waals surface area contributed by atoms with E-state index in [9.17, 15) is 9.59 Å². The van der Waals surface area contributed by atoms with E-state index in [4.69, 9.17) is 11.6 Å². The van der Waals surface area contributed by atoms with Crippen molar-refractivity contribution in [2.45, 2.75) is 0 Å². The molecule has 3 heterocycles. The molecular formula is C16H11ClN4O2. The minimum atomic E-state index is -0.311. The molecular weight excluding hydrogens is 316 g/mol. The van der Waals surface area contributed by atoms with E-state index < -0.39 is 0 Å². The van der Waals surface area contributed by atoms with Gasteiger partial charge in [-0.05, 0) is 18.2 Å². The summed E-state index contributed by atoms with van der Waals surface area (Å²) in [6.45, 7) is 0. The first-order valence-corrected chi connectivity index (χ1v) is 7.30. The van der Waals surface area contributed by atoms with Crippen LogP contribution in [0.2, 0.25) is 5.15 Å². The van der Waals surface area contributed by atoms with Gasteiger partial charge in [-0.15, -0.1) is 0 Å². The molecule has 114 valence electrons. The Hall–Kier alpha value is -2.86. The zero-order chi connectivity index (χ0) is 16.1. The van der Waals surface area contributed by atoms with Crippen molar-refractivity contribution >= 4 is 33.4 Å². The summed E-state index contributed by atoms with van der Waals surface area (Å²) in [4.78, 5) is 29.2. The van der Waals surface area contributed by atoms with Gasteiger partial charge in [-0.25, -0.2) is 9.67 Å². The van der Waals surface area contributed by atoms with E-state index in [0.717, 1.165) is 0 Å². The average molecular weight is 327 g/mol. The molecule has 0 atom stereocenters. The molecule has 0 bridgehead atoms. The molecule has 4 rings (SSSR count). The Morgan fingerprint density at radius 2 is 1.78 bits per heavy atom. The van der Waals surface area contributed by atoms with Crippen molar-refractivity contribution in [3.05, 3.63) is 68.5 Å². The highest BCUT2D eigenvalue weighted by Gasteiger charge is 2.16. The number of aromatic amines is 1. The predicted molar refractivity (Wildman–Crippen MR) is 89.4 cm³/mol. The number of aromatic nitrogens is 4. The van der Waals surface area contributed by atoms with E-state index in [-0.39, 0.29) is 11.1 Å². The van der Waals surface area contributed by atoms with E-state index >= 15 is 0 Å². The first-order chi connectivity index (χ1) is 11.1. The molecule has 0 saturated heterocycles. The van der Waals surface area contributed by atoms with Gasteiger partial charge >= 0.3 is 0 Å². The molecule has 7 heteroatoms. The summed E-state index contributed by atoms with van der Waals surface area (Å²) in [5, 5.41) is 4.69. The van der Waals surface area contributed by atoms with Crippen molar-refractivity contribution in [1.82, 2.24) is 19.3 Å². The van der Waals surface area contributed by atoms with Gasteiger partial charge in [-0.2, -0.15) is 0 Å². The van der Waals surface area contributed by atoms with Crippen LogP contribution in [0, 0.1) is 0 Å². The van der Waals surface area contributed by atoms with E-state index in [1.165, 1.54) is 15.4 Å². The summed E-state index contributed by atoms with van der Waals surface area (Å²) in [6.07, 6.45) is 1.50. The predicted octanol–water partition coefficient (Wildman–Crippen LogP) is 2.22. The normalized spacial score (nSPS) is 11.4. The number of benzene rings is 1. The maximum Gasteiger partial charge on any atom is 0.295 e. The van der Waals surface area contributed by atoms with Crippen molar-refractivity contribution in [3.63, 3.8) is 0 Å². The van der Waals surface area contributed by atoms with E-state index in [1.54, 1.807) is 31.3 Å². The minimum Gasteiger partial charge on any atom is -0.305 e. The Morgan fingerprint density at radius 3 is 2.48 bits per heavy atom. The number of hydrogen-bond acceptors (Lipinski definition) is 3. The smallest absolute Gasteiger partial charge is 0.295 e. The van der Waals surface area contributed by atoms with Crippen LogP contribution >= 0.6 is 11.6 Å². The van der Waals surface area contributed by atoms with E-state index in [1.807, 2.05) is 12.1 Å². The molecule has 0 radical (unpaired) electrons. The topological polar surface area (TPSA) is 72.7 Å². The van der Waals surface area contributed by atoms with Gasteiger partial charge in [0.2, 0.25) is 0 Å². The SMILES string of the molecule is Cn1c(=O)c2ccccc2c2[nH]n(-c3ccc(Cl)nc3)c(=O)c21. The largest absolute Gasteiger partial charge is 0.305 e. The lowest BCUT2D eigenvalue weighted by Crippen LogP contribution is -2.22. The second-order valence-electron chi connectivity index (χ2n) is 5.22. The van der Waals surface area contributed by atoms with Crippen LogP contribution in [-0.2, 0) is 7.05 Å². The molecule has 0 unspecified atom stereocenters. The molecule has 0 saturated carbocycles. The van der Waals surface area contributed by atoms with Crippen LogP contribution in [-0.4, -0.2) is 19.3 Å². The van der Waals surface area contributed by atoms with Gasteiger partial charge in [0.25, 0.3) is 11.1 Å². The van der Waals surface area contributed by atoms with Gasteiger partial charge in [-0.3, -0.25) is 14.7 Å². The average Bonchev–Trinajstić information content (AvgIpc) is 2.91. The number of pyridine rings is 2. The molecule has 6 nitrogen and oxygen atoms in total. The second-order valence-corrected chi connectivity index (χ2v) is 5.61. The second kappa shape index (κ2) is 4.82. The van der Waals surface area contributed by atoms with Gasteiger partial charge in [0, 0.05) is 17.8 Å². The highest BCUT2D eigenvalue weighted by Crippen LogP contribution is 2.19.